The molecule has 0 aliphatic rings. The summed E-state index contributed by atoms with van der Waals surface area (Å²) in [6, 6.07) is 7.19. The number of benzene rings is 1. The van der Waals surface area contributed by atoms with E-state index < -0.39 is 11.8 Å². The van der Waals surface area contributed by atoms with E-state index in [9.17, 15) is 9.59 Å². The number of hydrogen-bond acceptors (Lipinski definition) is 5. The van der Waals surface area contributed by atoms with Crippen LogP contribution in [0.2, 0.25) is 5.15 Å². The third-order valence-corrected chi connectivity index (χ3v) is 4.04. The van der Waals surface area contributed by atoms with E-state index in [4.69, 9.17) is 16.1 Å². The van der Waals surface area contributed by atoms with Crippen LogP contribution >= 0.6 is 11.6 Å². The second kappa shape index (κ2) is 7.13. The Morgan fingerprint density at radius 3 is 2.62 bits per heavy atom. The Bertz CT molecular complexity index is 1010. The molecule has 8 heteroatoms. The second-order valence-electron chi connectivity index (χ2n) is 6.03. The molecule has 1 aromatic carbocycles. The molecular formula is C18H17ClN4O3. The van der Waals surface area contributed by atoms with Crippen LogP contribution in [0.25, 0.3) is 10.9 Å². The molecule has 3 aromatic rings. The van der Waals surface area contributed by atoms with E-state index in [1.807, 2.05) is 26.0 Å². The van der Waals surface area contributed by atoms with Crippen molar-refractivity contribution in [1.29, 1.82) is 0 Å². The zero-order valence-corrected chi connectivity index (χ0v) is 15.3. The summed E-state index contributed by atoms with van der Waals surface area (Å²) in [4.78, 5) is 28.6. The van der Waals surface area contributed by atoms with Crippen molar-refractivity contribution in [2.45, 2.75) is 20.8 Å². The fourth-order valence-corrected chi connectivity index (χ4v) is 2.88. The molecule has 2 N–H and O–H groups in total. The SMILES string of the molecule is Cc1cc(C)c2nc(Cl)c(C(=O)NCC(=O)Nc3cc(C)on3)cc2c1. The number of nitrogens with zero attached hydrogens (tertiary/aromatic N) is 2. The van der Waals surface area contributed by atoms with Crippen molar-refractivity contribution in [3.8, 4) is 0 Å². The Kier molecular flexibility index (Phi) is 4.90. The number of aromatic nitrogens is 2. The first kappa shape index (κ1) is 17.9. The number of hydrogen-bond donors (Lipinski definition) is 2. The van der Waals surface area contributed by atoms with Gasteiger partial charge in [0.2, 0.25) is 5.91 Å². The van der Waals surface area contributed by atoms with Crippen molar-refractivity contribution < 1.29 is 14.1 Å². The third kappa shape index (κ3) is 3.83. The minimum atomic E-state index is -0.477. The Hall–Kier alpha value is -2.93. The molecule has 0 aliphatic carbocycles. The summed E-state index contributed by atoms with van der Waals surface area (Å²) in [5, 5.41) is 9.61. The van der Waals surface area contributed by atoms with Crippen molar-refractivity contribution in [2.24, 2.45) is 0 Å². The molecule has 26 heavy (non-hydrogen) atoms. The number of pyridine rings is 1. The molecule has 0 saturated carbocycles. The highest BCUT2D eigenvalue weighted by atomic mass is 35.5. The number of halogens is 1. The predicted molar refractivity (Wildman–Crippen MR) is 98.4 cm³/mol. The molecule has 0 saturated heterocycles. The van der Waals surface area contributed by atoms with Gasteiger partial charge in [-0.25, -0.2) is 4.98 Å². The molecule has 0 atom stereocenters. The van der Waals surface area contributed by atoms with Gasteiger partial charge in [-0.15, -0.1) is 0 Å². The highest BCUT2D eigenvalue weighted by Gasteiger charge is 2.15. The molecule has 0 fully saturated rings. The van der Waals surface area contributed by atoms with E-state index in [1.165, 1.54) is 0 Å². The highest BCUT2D eigenvalue weighted by molar-refractivity contribution is 6.33. The quantitative estimate of drug-likeness (QED) is 0.685. The zero-order chi connectivity index (χ0) is 18.8. The van der Waals surface area contributed by atoms with Crippen LogP contribution in [-0.4, -0.2) is 28.5 Å². The third-order valence-electron chi connectivity index (χ3n) is 3.76. The lowest BCUT2D eigenvalue weighted by atomic mass is 10.1. The topological polar surface area (TPSA) is 97.1 Å². The van der Waals surface area contributed by atoms with E-state index in [-0.39, 0.29) is 23.1 Å². The number of carbonyl (C=O) groups is 2. The maximum Gasteiger partial charge on any atom is 0.254 e. The number of anilines is 1. The first-order valence-corrected chi connectivity index (χ1v) is 8.30. The molecule has 0 radical (unpaired) electrons. The molecule has 0 bridgehead atoms. The van der Waals surface area contributed by atoms with Gasteiger partial charge in [-0.1, -0.05) is 28.4 Å². The van der Waals surface area contributed by atoms with Gasteiger partial charge in [-0.05, 0) is 38.5 Å². The van der Waals surface area contributed by atoms with Crippen molar-refractivity contribution in [3.63, 3.8) is 0 Å². The standard InChI is InChI=1S/C18H17ClN4O3/c1-9-4-10(2)16-12(5-9)7-13(17(19)22-16)18(25)20-8-15(24)21-14-6-11(3)26-23-14/h4-7H,8H2,1-3H3,(H,20,25)(H,21,23,24). The summed E-state index contributed by atoms with van der Waals surface area (Å²) >= 11 is 6.16. The fraction of sp³-hybridized carbons (Fsp3) is 0.222. The lowest BCUT2D eigenvalue weighted by Crippen LogP contribution is -2.33. The number of aryl methyl sites for hydroxylation is 3. The first-order valence-electron chi connectivity index (χ1n) is 7.92. The van der Waals surface area contributed by atoms with E-state index in [1.54, 1.807) is 19.1 Å². The van der Waals surface area contributed by atoms with Crippen molar-refractivity contribution >= 4 is 40.1 Å². The average Bonchev–Trinajstić information content (AvgIpc) is 2.97. The zero-order valence-electron chi connectivity index (χ0n) is 14.5. The van der Waals surface area contributed by atoms with Gasteiger partial charge in [0.1, 0.15) is 10.9 Å². The van der Waals surface area contributed by atoms with E-state index in [0.29, 0.717) is 5.76 Å². The van der Waals surface area contributed by atoms with Crippen molar-refractivity contribution in [1.82, 2.24) is 15.5 Å². The Morgan fingerprint density at radius 1 is 1.15 bits per heavy atom. The number of fused-ring (bicyclic) bond motifs is 1. The molecule has 134 valence electrons. The molecular weight excluding hydrogens is 356 g/mol. The van der Waals surface area contributed by atoms with E-state index >= 15 is 0 Å². The molecule has 2 amide bonds. The monoisotopic (exact) mass is 372 g/mol. The fourth-order valence-electron chi connectivity index (χ4n) is 2.66. The summed E-state index contributed by atoms with van der Waals surface area (Å²) < 4.78 is 4.86. The summed E-state index contributed by atoms with van der Waals surface area (Å²) in [6.45, 7) is 5.39. The Morgan fingerprint density at radius 2 is 1.92 bits per heavy atom. The smallest absolute Gasteiger partial charge is 0.254 e. The van der Waals surface area contributed by atoms with Gasteiger partial charge < -0.3 is 15.2 Å². The van der Waals surface area contributed by atoms with Gasteiger partial charge in [0.15, 0.2) is 5.82 Å². The van der Waals surface area contributed by atoms with Crippen LogP contribution in [0, 0.1) is 20.8 Å². The maximum atomic E-state index is 12.4. The van der Waals surface area contributed by atoms with Gasteiger partial charge >= 0.3 is 0 Å². The lowest BCUT2D eigenvalue weighted by molar-refractivity contribution is -0.115. The second-order valence-corrected chi connectivity index (χ2v) is 6.39. The normalized spacial score (nSPS) is 10.8. The van der Waals surface area contributed by atoms with Crippen LogP contribution in [0.5, 0.6) is 0 Å². The average molecular weight is 373 g/mol. The summed E-state index contributed by atoms with van der Waals surface area (Å²) in [6.07, 6.45) is 0. The molecule has 7 nitrogen and oxygen atoms in total. The van der Waals surface area contributed by atoms with Crippen LogP contribution in [0.4, 0.5) is 5.82 Å². The van der Waals surface area contributed by atoms with Crippen LogP contribution in [0.15, 0.2) is 28.8 Å². The summed E-state index contributed by atoms with van der Waals surface area (Å²) in [5.41, 5.74) is 3.01. The van der Waals surface area contributed by atoms with Crippen molar-refractivity contribution in [3.05, 3.63) is 51.9 Å². The van der Waals surface area contributed by atoms with E-state index in [0.717, 1.165) is 22.0 Å². The van der Waals surface area contributed by atoms with Crippen LogP contribution in [0.3, 0.4) is 0 Å². The van der Waals surface area contributed by atoms with Crippen LogP contribution in [0.1, 0.15) is 27.2 Å². The number of carbonyl (C=O) groups excluding carboxylic acids is 2. The number of rotatable bonds is 4. The Labute approximate surface area is 154 Å². The largest absolute Gasteiger partial charge is 0.360 e. The van der Waals surface area contributed by atoms with Crippen LogP contribution < -0.4 is 10.6 Å². The maximum absolute atomic E-state index is 12.4. The molecule has 0 spiro atoms. The predicted octanol–water partition coefficient (Wildman–Crippen LogP) is 3.17. The van der Waals surface area contributed by atoms with Crippen molar-refractivity contribution in [2.75, 3.05) is 11.9 Å². The molecule has 2 aromatic heterocycles. The number of amides is 2. The minimum absolute atomic E-state index is 0.0921. The van der Waals surface area contributed by atoms with Crippen LogP contribution in [-0.2, 0) is 4.79 Å². The van der Waals surface area contributed by atoms with Gasteiger partial charge in [0, 0.05) is 11.5 Å². The first-order chi connectivity index (χ1) is 12.3. The van der Waals surface area contributed by atoms with Gasteiger partial charge in [0.05, 0.1) is 17.6 Å². The van der Waals surface area contributed by atoms with E-state index in [2.05, 4.69) is 20.8 Å². The van der Waals surface area contributed by atoms with Gasteiger partial charge in [-0.2, -0.15) is 0 Å². The lowest BCUT2D eigenvalue weighted by Gasteiger charge is -2.09. The number of nitrogens with one attached hydrogen (secondary N) is 2. The molecule has 0 unspecified atom stereocenters. The molecule has 0 aliphatic heterocycles. The Balaban J connectivity index is 1.73. The summed E-state index contributed by atoms with van der Waals surface area (Å²) in [7, 11) is 0. The molecule has 2 heterocycles. The van der Waals surface area contributed by atoms with Gasteiger partial charge in [-0.3, -0.25) is 9.59 Å². The molecule has 3 rings (SSSR count). The highest BCUT2D eigenvalue weighted by Crippen LogP contribution is 2.24. The summed E-state index contributed by atoms with van der Waals surface area (Å²) in [5.74, 6) is -0.0414. The minimum Gasteiger partial charge on any atom is -0.360 e. The van der Waals surface area contributed by atoms with Gasteiger partial charge in [0.25, 0.3) is 5.91 Å².